The minimum Gasteiger partial charge on any atom is -0.323 e. The topological polar surface area (TPSA) is 32.5 Å². The van der Waals surface area contributed by atoms with Crippen molar-refractivity contribution in [3.05, 3.63) is 34.9 Å². The Hall–Kier alpha value is -0.900. The van der Waals surface area contributed by atoms with Crippen LogP contribution in [-0.2, 0) is 0 Å². The van der Waals surface area contributed by atoms with Crippen LogP contribution in [0.5, 0.6) is 0 Å². The highest BCUT2D eigenvalue weighted by Gasteiger charge is 2.12. The van der Waals surface area contributed by atoms with E-state index in [0.29, 0.717) is 0 Å². The lowest BCUT2D eigenvalue weighted by Crippen LogP contribution is -2.37. The number of rotatable bonds is 8. The molecular formula is C17H31N3. The third kappa shape index (κ3) is 5.61. The van der Waals surface area contributed by atoms with Gasteiger partial charge in [-0.3, -0.25) is 0 Å². The summed E-state index contributed by atoms with van der Waals surface area (Å²) in [4.78, 5) is 4.70. The summed E-state index contributed by atoms with van der Waals surface area (Å²) < 4.78 is 0. The number of likely N-dealkylation sites (N-methyl/N-ethyl adjacent to an activating group) is 1. The molecule has 0 fully saturated rings. The van der Waals surface area contributed by atoms with E-state index in [1.165, 1.54) is 23.1 Å². The second-order valence-corrected chi connectivity index (χ2v) is 6.05. The van der Waals surface area contributed by atoms with E-state index in [-0.39, 0.29) is 6.04 Å². The molecule has 0 radical (unpaired) electrons. The average Bonchev–Trinajstić information content (AvgIpc) is 2.39. The van der Waals surface area contributed by atoms with Crippen LogP contribution in [0.1, 0.15) is 36.1 Å². The summed E-state index contributed by atoms with van der Waals surface area (Å²) in [6.45, 7) is 10.7. The number of nitrogens with zero attached hydrogens (tertiary/aromatic N) is 2. The predicted molar refractivity (Wildman–Crippen MR) is 88.1 cm³/mol. The molecule has 0 saturated carbocycles. The second-order valence-electron chi connectivity index (χ2n) is 6.05. The van der Waals surface area contributed by atoms with Crippen LogP contribution >= 0.6 is 0 Å². The zero-order valence-electron chi connectivity index (χ0n) is 13.8. The van der Waals surface area contributed by atoms with Gasteiger partial charge in [0.05, 0.1) is 0 Å². The molecule has 0 aromatic heterocycles. The summed E-state index contributed by atoms with van der Waals surface area (Å²) in [5.41, 5.74) is 10.3. The lowest BCUT2D eigenvalue weighted by molar-refractivity contribution is 0.229. The molecular weight excluding hydrogens is 246 g/mol. The molecule has 0 amide bonds. The molecule has 0 aliphatic carbocycles. The van der Waals surface area contributed by atoms with E-state index < -0.39 is 0 Å². The Morgan fingerprint density at radius 3 is 2.30 bits per heavy atom. The second kappa shape index (κ2) is 8.40. The molecule has 3 nitrogen and oxygen atoms in total. The van der Waals surface area contributed by atoms with Crippen molar-refractivity contribution in [1.29, 1.82) is 0 Å². The van der Waals surface area contributed by atoms with Crippen molar-refractivity contribution in [3.8, 4) is 0 Å². The Labute approximate surface area is 124 Å². The number of hydrogen-bond donors (Lipinski definition) is 1. The molecule has 1 rings (SSSR count). The molecule has 0 bridgehead atoms. The zero-order valence-corrected chi connectivity index (χ0v) is 13.8. The van der Waals surface area contributed by atoms with E-state index in [2.05, 4.69) is 62.9 Å². The quantitative estimate of drug-likeness (QED) is 0.793. The fraction of sp³-hybridized carbons (Fsp3) is 0.647. The molecule has 0 saturated heterocycles. The van der Waals surface area contributed by atoms with Gasteiger partial charge in [-0.25, -0.2) is 0 Å². The van der Waals surface area contributed by atoms with Crippen molar-refractivity contribution in [2.75, 3.05) is 40.3 Å². The third-order valence-electron chi connectivity index (χ3n) is 3.82. The van der Waals surface area contributed by atoms with Gasteiger partial charge in [0.25, 0.3) is 0 Å². The monoisotopic (exact) mass is 277 g/mol. The van der Waals surface area contributed by atoms with Gasteiger partial charge in [0, 0.05) is 25.7 Å². The van der Waals surface area contributed by atoms with Gasteiger partial charge in [-0.05, 0) is 57.6 Å². The molecule has 0 spiro atoms. The molecule has 0 heterocycles. The highest BCUT2D eigenvalue weighted by atomic mass is 15.2. The van der Waals surface area contributed by atoms with E-state index in [4.69, 9.17) is 5.73 Å². The third-order valence-corrected chi connectivity index (χ3v) is 3.82. The predicted octanol–water partition coefficient (Wildman–Crippen LogP) is 2.58. The summed E-state index contributed by atoms with van der Waals surface area (Å²) in [6, 6.07) is 6.68. The first-order chi connectivity index (χ1) is 9.43. The van der Waals surface area contributed by atoms with Gasteiger partial charge in [0.15, 0.2) is 0 Å². The SMILES string of the molecule is CCCN(CCN(C)C)CC(N)c1ccc(C)c(C)c1. The fourth-order valence-corrected chi connectivity index (χ4v) is 2.33. The lowest BCUT2D eigenvalue weighted by Gasteiger charge is -2.27. The Kier molecular flexibility index (Phi) is 7.20. The molecule has 0 aliphatic heterocycles. The molecule has 20 heavy (non-hydrogen) atoms. The van der Waals surface area contributed by atoms with Crippen LogP contribution in [-0.4, -0.2) is 50.1 Å². The Morgan fingerprint density at radius 2 is 1.75 bits per heavy atom. The van der Waals surface area contributed by atoms with E-state index in [0.717, 1.165) is 26.2 Å². The molecule has 3 heteroatoms. The number of aryl methyl sites for hydroxylation is 2. The van der Waals surface area contributed by atoms with Gasteiger partial charge in [0.1, 0.15) is 0 Å². The normalized spacial score (nSPS) is 13.2. The maximum atomic E-state index is 6.40. The number of benzene rings is 1. The van der Waals surface area contributed by atoms with Crippen LogP contribution in [0.25, 0.3) is 0 Å². The van der Waals surface area contributed by atoms with Crippen molar-refractivity contribution in [2.45, 2.75) is 33.2 Å². The van der Waals surface area contributed by atoms with Crippen LogP contribution in [0.2, 0.25) is 0 Å². The molecule has 1 aromatic rings. The molecule has 1 unspecified atom stereocenters. The van der Waals surface area contributed by atoms with Crippen molar-refractivity contribution in [1.82, 2.24) is 9.80 Å². The van der Waals surface area contributed by atoms with Gasteiger partial charge in [-0.15, -0.1) is 0 Å². The van der Waals surface area contributed by atoms with E-state index in [9.17, 15) is 0 Å². The summed E-state index contributed by atoms with van der Waals surface area (Å²) >= 11 is 0. The summed E-state index contributed by atoms with van der Waals surface area (Å²) in [6.07, 6.45) is 1.17. The Bertz CT molecular complexity index is 401. The van der Waals surface area contributed by atoms with Gasteiger partial charge >= 0.3 is 0 Å². The fourth-order valence-electron chi connectivity index (χ4n) is 2.33. The van der Waals surface area contributed by atoms with E-state index in [1.54, 1.807) is 0 Å². The van der Waals surface area contributed by atoms with E-state index in [1.807, 2.05) is 0 Å². The Morgan fingerprint density at radius 1 is 1.05 bits per heavy atom. The van der Waals surface area contributed by atoms with E-state index >= 15 is 0 Å². The highest BCUT2D eigenvalue weighted by molar-refractivity contribution is 5.31. The van der Waals surface area contributed by atoms with Gasteiger partial charge in [-0.2, -0.15) is 0 Å². The van der Waals surface area contributed by atoms with Gasteiger partial charge < -0.3 is 15.5 Å². The maximum Gasteiger partial charge on any atom is 0.0424 e. The van der Waals surface area contributed by atoms with Crippen LogP contribution in [0.3, 0.4) is 0 Å². The first-order valence-electron chi connectivity index (χ1n) is 7.63. The highest BCUT2D eigenvalue weighted by Crippen LogP contribution is 2.16. The van der Waals surface area contributed by atoms with Gasteiger partial charge in [-0.1, -0.05) is 25.1 Å². The molecule has 2 N–H and O–H groups in total. The minimum absolute atomic E-state index is 0.100. The van der Waals surface area contributed by atoms with Crippen molar-refractivity contribution in [3.63, 3.8) is 0 Å². The van der Waals surface area contributed by atoms with Crippen LogP contribution in [0, 0.1) is 13.8 Å². The largest absolute Gasteiger partial charge is 0.323 e. The van der Waals surface area contributed by atoms with Crippen molar-refractivity contribution in [2.24, 2.45) is 5.73 Å². The first-order valence-corrected chi connectivity index (χ1v) is 7.63. The maximum absolute atomic E-state index is 6.40. The van der Waals surface area contributed by atoms with Crippen molar-refractivity contribution >= 4 is 0 Å². The summed E-state index contributed by atoms with van der Waals surface area (Å²) in [5, 5.41) is 0. The lowest BCUT2D eigenvalue weighted by atomic mass is 10.0. The number of hydrogen-bond acceptors (Lipinski definition) is 3. The number of nitrogens with two attached hydrogens (primary N) is 1. The first kappa shape index (κ1) is 17.2. The molecule has 0 aliphatic rings. The average molecular weight is 277 g/mol. The van der Waals surface area contributed by atoms with Crippen LogP contribution in [0.15, 0.2) is 18.2 Å². The van der Waals surface area contributed by atoms with Crippen molar-refractivity contribution < 1.29 is 0 Å². The van der Waals surface area contributed by atoms with Gasteiger partial charge in [0.2, 0.25) is 0 Å². The molecule has 1 atom stereocenters. The molecule has 114 valence electrons. The Balaban J connectivity index is 2.63. The zero-order chi connectivity index (χ0) is 15.1. The minimum atomic E-state index is 0.100. The summed E-state index contributed by atoms with van der Waals surface area (Å²) in [7, 11) is 4.24. The summed E-state index contributed by atoms with van der Waals surface area (Å²) in [5.74, 6) is 0. The molecule has 1 aromatic carbocycles. The standard InChI is InChI=1S/C17H31N3/c1-6-9-20(11-10-19(4)5)13-17(18)16-8-7-14(2)15(3)12-16/h7-8,12,17H,6,9-11,13,18H2,1-5H3. The van der Waals surface area contributed by atoms with Crippen LogP contribution < -0.4 is 5.73 Å². The smallest absolute Gasteiger partial charge is 0.0424 e. The van der Waals surface area contributed by atoms with Crippen LogP contribution in [0.4, 0.5) is 0 Å².